The Morgan fingerprint density at radius 3 is 2.45 bits per heavy atom. The maximum atomic E-state index is 11.9. The average molecular weight is 276 g/mol. The van der Waals surface area contributed by atoms with Gasteiger partial charge in [-0.15, -0.1) is 0 Å². The summed E-state index contributed by atoms with van der Waals surface area (Å²) in [4.78, 5) is 25.3. The number of aryl methyl sites for hydroxylation is 2. The number of carbonyl (C=O) groups excluding carboxylic acids is 2. The predicted molar refractivity (Wildman–Crippen MR) is 81.8 cm³/mol. The van der Waals surface area contributed by atoms with Crippen molar-refractivity contribution in [3.05, 3.63) is 29.3 Å². The second-order valence-corrected chi connectivity index (χ2v) is 5.59. The Bertz CT molecular complexity index is 495. The molecule has 4 heteroatoms. The largest absolute Gasteiger partial charge is 0.354 e. The number of hydrogen-bond donors (Lipinski definition) is 1. The molecule has 1 N–H and O–H groups in total. The Balaban J connectivity index is 2.87. The van der Waals surface area contributed by atoms with Gasteiger partial charge in [-0.05, 0) is 37.0 Å². The molecule has 1 aromatic carbocycles. The van der Waals surface area contributed by atoms with E-state index in [1.54, 1.807) is 0 Å². The maximum Gasteiger partial charge on any atom is 0.240 e. The fourth-order valence-electron chi connectivity index (χ4n) is 1.89. The van der Waals surface area contributed by atoms with Crippen LogP contribution in [-0.4, -0.2) is 24.9 Å². The summed E-state index contributed by atoms with van der Waals surface area (Å²) in [6, 6.07) is 5.90. The van der Waals surface area contributed by atoms with Gasteiger partial charge in [-0.25, -0.2) is 0 Å². The summed E-state index contributed by atoms with van der Waals surface area (Å²) in [7, 11) is 0. The molecule has 0 atom stereocenters. The molecule has 0 saturated carbocycles. The van der Waals surface area contributed by atoms with Crippen LogP contribution in [0.25, 0.3) is 0 Å². The number of hydrogen-bond acceptors (Lipinski definition) is 2. The topological polar surface area (TPSA) is 49.4 Å². The van der Waals surface area contributed by atoms with E-state index >= 15 is 0 Å². The summed E-state index contributed by atoms with van der Waals surface area (Å²) >= 11 is 0. The first-order chi connectivity index (χ1) is 9.31. The first kappa shape index (κ1) is 16.2. The van der Waals surface area contributed by atoms with E-state index in [4.69, 9.17) is 0 Å². The maximum absolute atomic E-state index is 11.9. The van der Waals surface area contributed by atoms with Gasteiger partial charge in [0.15, 0.2) is 0 Å². The Morgan fingerprint density at radius 1 is 1.25 bits per heavy atom. The molecule has 0 aliphatic heterocycles. The number of amides is 2. The zero-order valence-corrected chi connectivity index (χ0v) is 13.0. The second kappa shape index (κ2) is 7.08. The number of nitrogens with one attached hydrogen (secondary N) is 1. The van der Waals surface area contributed by atoms with Crippen molar-refractivity contribution in [3.63, 3.8) is 0 Å². The molecule has 110 valence electrons. The molecule has 0 heterocycles. The van der Waals surface area contributed by atoms with Crippen LogP contribution in [0.3, 0.4) is 0 Å². The highest BCUT2D eigenvalue weighted by molar-refractivity contribution is 5.98. The Morgan fingerprint density at radius 2 is 1.90 bits per heavy atom. The molecule has 0 fully saturated rings. The van der Waals surface area contributed by atoms with Crippen molar-refractivity contribution in [2.45, 2.75) is 34.6 Å². The summed E-state index contributed by atoms with van der Waals surface area (Å²) in [6.07, 6.45) is 0. The van der Waals surface area contributed by atoms with Crippen LogP contribution < -0.4 is 10.2 Å². The summed E-state index contributed by atoms with van der Waals surface area (Å²) in [5.41, 5.74) is 2.86. The average Bonchev–Trinajstić information content (AvgIpc) is 2.36. The minimum Gasteiger partial charge on any atom is -0.354 e. The number of rotatable bonds is 5. The van der Waals surface area contributed by atoms with Crippen molar-refractivity contribution in [3.8, 4) is 0 Å². The highest BCUT2D eigenvalue weighted by Crippen LogP contribution is 2.21. The molecule has 2 amide bonds. The molecule has 4 nitrogen and oxygen atoms in total. The van der Waals surface area contributed by atoms with Gasteiger partial charge in [0.1, 0.15) is 6.54 Å². The highest BCUT2D eigenvalue weighted by atomic mass is 16.2. The van der Waals surface area contributed by atoms with Crippen molar-refractivity contribution in [1.82, 2.24) is 5.32 Å². The fraction of sp³-hybridized carbons (Fsp3) is 0.500. The zero-order chi connectivity index (χ0) is 15.3. The Labute approximate surface area is 121 Å². The van der Waals surface area contributed by atoms with Gasteiger partial charge in [0, 0.05) is 19.2 Å². The molecule has 0 aliphatic carbocycles. The normalized spacial score (nSPS) is 10.5. The van der Waals surface area contributed by atoms with Crippen LogP contribution in [0.2, 0.25) is 0 Å². The predicted octanol–water partition coefficient (Wildman–Crippen LogP) is 2.43. The summed E-state index contributed by atoms with van der Waals surface area (Å²) in [6.45, 7) is 10.2. The fourth-order valence-corrected chi connectivity index (χ4v) is 1.89. The van der Waals surface area contributed by atoms with Crippen molar-refractivity contribution < 1.29 is 9.59 Å². The van der Waals surface area contributed by atoms with Gasteiger partial charge in [-0.2, -0.15) is 0 Å². The van der Waals surface area contributed by atoms with Crippen LogP contribution in [0.4, 0.5) is 5.69 Å². The minimum atomic E-state index is -0.130. The van der Waals surface area contributed by atoms with Crippen molar-refractivity contribution in [2.75, 3.05) is 18.0 Å². The van der Waals surface area contributed by atoms with E-state index < -0.39 is 0 Å². The number of carbonyl (C=O) groups is 2. The quantitative estimate of drug-likeness (QED) is 0.898. The van der Waals surface area contributed by atoms with Gasteiger partial charge >= 0.3 is 0 Å². The molecular weight excluding hydrogens is 252 g/mol. The summed E-state index contributed by atoms with van der Waals surface area (Å²) in [5, 5.41) is 2.84. The molecular formula is C16H24N2O2. The van der Waals surface area contributed by atoms with Crippen LogP contribution in [0.15, 0.2) is 18.2 Å². The van der Waals surface area contributed by atoms with Crippen LogP contribution in [0, 0.1) is 19.8 Å². The van der Waals surface area contributed by atoms with Crippen LogP contribution in [0.1, 0.15) is 31.9 Å². The van der Waals surface area contributed by atoms with Gasteiger partial charge in [-0.3, -0.25) is 9.59 Å². The lowest BCUT2D eigenvalue weighted by atomic mass is 10.1. The Hall–Kier alpha value is -1.84. The molecule has 20 heavy (non-hydrogen) atoms. The highest BCUT2D eigenvalue weighted by Gasteiger charge is 2.17. The van der Waals surface area contributed by atoms with E-state index in [9.17, 15) is 9.59 Å². The molecule has 0 saturated heterocycles. The van der Waals surface area contributed by atoms with Crippen LogP contribution >= 0.6 is 0 Å². The van der Waals surface area contributed by atoms with E-state index in [2.05, 4.69) is 5.32 Å². The van der Waals surface area contributed by atoms with E-state index in [1.807, 2.05) is 45.9 Å². The third kappa shape index (κ3) is 4.68. The van der Waals surface area contributed by atoms with Gasteiger partial charge in [0.25, 0.3) is 0 Å². The van der Waals surface area contributed by atoms with Gasteiger partial charge in [0.2, 0.25) is 11.8 Å². The van der Waals surface area contributed by atoms with Crippen molar-refractivity contribution in [1.29, 1.82) is 0 Å². The monoisotopic (exact) mass is 276 g/mol. The lowest BCUT2D eigenvalue weighted by Gasteiger charge is -2.23. The van der Waals surface area contributed by atoms with Crippen molar-refractivity contribution in [2.24, 2.45) is 5.92 Å². The van der Waals surface area contributed by atoms with E-state index in [1.165, 1.54) is 11.8 Å². The van der Waals surface area contributed by atoms with Gasteiger partial charge in [0.05, 0.1) is 0 Å². The van der Waals surface area contributed by atoms with E-state index in [0.717, 1.165) is 16.8 Å². The lowest BCUT2D eigenvalue weighted by molar-refractivity contribution is -0.123. The Kier molecular flexibility index (Phi) is 5.74. The molecule has 0 unspecified atom stereocenters. The molecule has 1 rings (SSSR count). The zero-order valence-electron chi connectivity index (χ0n) is 13.0. The molecule has 0 bridgehead atoms. The SMILES string of the molecule is CC(=O)N(CC(=O)NCC(C)C)c1cc(C)ccc1C. The smallest absolute Gasteiger partial charge is 0.240 e. The minimum absolute atomic E-state index is 0.0619. The third-order valence-electron chi connectivity index (χ3n) is 3.04. The molecule has 0 radical (unpaired) electrons. The first-order valence-corrected chi connectivity index (χ1v) is 6.93. The summed E-state index contributed by atoms with van der Waals surface area (Å²) < 4.78 is 0. The molecule has 1 aromatic rings. The van der Waals surface area contributed by atoms with E-state index in [0.29, 0.717) is 12.5 Å². The number of benzene rings is 1. The molecule has 0 spiro atoms. The number of nitrogens with zero attached hydrogens (tertiary/aromatic N) is 1. The van der Waals surface area contributed by atoms with Crippen molar-refractivity contribution >= 4 is 17.5 Å². The standard InChI is InChI=1S/C16H24N2O2/c1-11(2)9-17-16(20)10-18(14(5)19)15-8-12(3)6-7-13(15)4/h6-8,11H,9-10H2,1-5H3,(H,17,20). The van der Waals surface area contributed by atoms with Crippen LogP contribution in [-0.2, 0) is 9.59 Å². The molecule has 0 aromatic heterocycles. The van der Waals surface area contributed by atoms with Gasteiger partial charge in [-0.1, -0.05) is 26.0 Å². The van der Waals surface area contributed by atoms with E-state index in [-0.39, 0.29) is 18.4 Å². The summed E-state index contributed by atoms with van der Waals surface area (Å²) in [5.74, 6) is 0.138. The van der Waals surface area contributed by atoms with Crippen LogP contribution in [0.5, 0.6) is 0 Å². The van der Waals surface area contributed by atoms with Gasteiger partial charge < -0.3 is 10.2 Å². The second-order valence-electron chi connectivity index (χ2n) is 5.59. The number of anilines is 1. The first-order valence-electron chi connectivity index (χ1n) is 6.93. The molecule has 0 aliphatic rings. The third-order valence-corrected chi connectivity index (χ3v) is 3.04. The lowest BCUT2D eigenvalue weighted by Crippen LogP contribution is -2.41.